The van der Waals surface area contributed by atoms with Crippen molar-refractivity contribution in [3.05, 3.63) is 45.6 Å². The number of rotatable bonds is 4. The van der Waals surface area contributed by atoms with E-state index in [9.17, 15) is 18.5 Å². The molecule has 10 heteroatoms. The maximum Gasteiger partial charge on any atom is 0.269 e. The van der Waals surface area contributed by atoms with Crippen molar-refractivity contribution in [1.29, 1.82) is 0 Å². The van der Waals surface area contributed by atoms with Crippen LogP contribution in [0.15, 0.2) is 29.2 Å². The van der Waals surface area contributed by atoms with E-state index in [1.807, 2.05) is 0 Å². The summed E-state index contributed by atoms with van der Waals surface area (Å²) in [6.07, 6.45) is 0.682. The lowest BCUT2D eigenvalue weighted by Gasteiger charge is -2.14. The van der Waals surface area contributed by atoms with Crippen molar-refractivity contribution in [2.24, 2.45) is 7.05 Å². The van der Waals surface area contributed by atoms with Crippen LogP contribution in [0.25, 0.3) is 0 Å². The van der Waals surface area contributed by atoms with Gasteiger partial charge in [-0.2, -0.15) is 5.10 Å². The quantitative estimate of drug-likeness (QED) is 0.628. The van der Waals surface area contributed by atoms with Crippen LogP contribution in [0.1, 0.15) is 11.3 Å². The second-order valence-electron chi connectivity index (χ2n) is 5.18. The summed E-state index contributed by atoms with van der Waals surface area (Å²) < 4.78 is 29.0. The first-order valence-electron chi connectivity index (χ1n) is 6.91. The molecule has 2 aromatic rings. The lowest BCUT2D eigenvalue weighted by Crippen LogP contribution is -2.24. The summed E-state index contributed by atoms with van der Waals surface area (Å²) in [5, 5.41) is 18.1. The van der Waals surface area contributed by atoms with Gasteiger partial charge >= 0.3 is 0 Å². The summed E-state index contributed by atoms with van der Waals surface area (Å²) >= 11 is 0. The number of nitrogens with one attached hydrogen (secondary N) is 2. The van der Waals surface area contributed by atoms with Gasteiger partial charge in [0.05, 0.1) is 15.5 Å². The Morgan fingerprint density at radius 1 is 1.35 bits per heavy atom. The lowest BCUT2D eigenvalue weighted by molar-refractivity contribution is -0.384. The molecule has 1 aromatic carbocycles. The highest BCUT2D eigenvalue weighted by atomic mass is 32.2. The van der Waals surface area contributed by atoms with Crippen molar-refractivity contribution in [3.8, 4) is 0 Å². The summed E-state index contributed by atoms with van der Waals surface area (Å²) in [7, 11) is -2.16. The van der Waals surface area contributed by atoms with Crippen molar-refractivity contribution in [2.75, 3.05) is 11.3 Å². The van der Waals surface area contributed by atoms with Crippen molar-refractivity contribution in [2.45, 2.75) is 17.9 Å². The molecular weight excluding hydrogens is 322 g/mol. The lowest BCUT2D eigenvalue weighted by atomic mass is 10.1. The third-order valence-electron chi connectivity index (χ3n) is 3.66. The molecule has 0 bridgehead atoms. The molecule has 1 aromatic heterocycles. The van der Waals surface area contributed by atoms with Gasteiger partial charge in [-0.25, -0.2) is 8.42 Å². The molecule has 0 unspecified atom stereocenters. The maximum absolute atomic E-state index is 12.5. The highest BCUT2D eigenvalue weighted by Crippen LogP contribution is 2.25. The average Bonchev–Trinajstić information content (AvgIpc) is 2.83. The zero-order valence-corrected chi connectivity index (χ0v) is 13.1. The van der Waals surface area contributed by atoms with Gasteiger partial charge in [0.25, 0.3) is 15.7 Å². The van der Waals surface area contributed by atoms with Crippen LogP contribution in [0, 0.1) is 10.1 Å². The number of anilines is 1. The maximum atomic E-state index is 12.5. The number of non-ortho nitro benzene ring substituents is 1. The largest absolute Gasteiger partial charge is 0.311 e. The number of benzene rings is 1. The molecule has 0 spiro atoms. The normalized spacial score (nSPS) is 14.3. The Bertz CT molecular complexity index is 857. The van der Waals surface area contributed by atoms with Gasteiger partial charge in [0.1, 0.15) is 5.82 Å². The van der Waals surface area contributed by atoms with Crippen LogP contribution >= 0.6 is 0 Å². The molecule has 0 aliphatic carbocycles. The molecule has 0 atom stereocenters. The molecule has 2 N–H and O–H groups in total. The second-order valence-corrected chi connectivity index (χ2v) is 6.86. The Labute approximate surface area is 132 Å². The van der Waals surface area contributed by atoms with Crippen LogP contribution in [-0.2, 0) is 30.0 Å². The number of nitrogens with zero attached hydrogens (tertiary/aromatic N) is 3. The second kappa shape index (κ2) is 5.63. The predicted octanol–water partition coefficient (Wildman–Crippen LogP) is 0.775. The standard InChI is InChI=1S/C13H15N5O4S/c1-17-13(11-6-7-14-8-12(11)15-17)16-23(21,22)10-4-2-9(3-5-10)18(19)20/h2-5,14,16H,6-8H2,1H3. The van der Waals surface area contributed by atoms with E-state index < -0.39 is 14.9 Å². The Balaban J connectivity index is 1.92. The highest BCUT2D eigenvalue weighted by molar-refractivity contribution is 7.92. The number of sulfonamides is 1. The molecule has 23 heavy (non-hydrogen) atoms. The van der Waals surface area contributed by atoms with E-state index in [4.69, 9.17) is 0 Å². The minimum Gasteiger partial charge on any atom is -0.311 e. The molecule has 122 valence electrons. The number of fused-ring (bicyclic) bond motifs is 1. The molecule has 3 rings (SSSR count). The number of nitro benzene ring substituents is 1. The Morgan fingerprint density at radius 2 is 2.04 bits per heavy atom. The molecule has 0 saturated heterocycles. The Morgan fingerprint density at radius 3 is 2.70 bits per heavy atom. The van der Waals surface area contributed by atoms with E-state index in [1.54, 1.807) is 7.05 Å². The van der Waals surface area contributed by atoms with E-state index in [0.717, 1.165) is 29.9 Å². The van der Waals surface area contributed by atoms with Gasteiger partial charge in [-0.3, -0.25) is 19.5 Å². The van der Waals surface area contributed by atoms with Crippen LogP contribution in [0.2, 0.25) is 0 Å². The zero-order chi connectivity index (χ0) is 16.6. The number of aromatic nitrogens is 2. The van der Waals surface area contributed by atoms with Gasteiger partial charge in [0, 0.05) is 31.3 Å². The Kier molecular flexibility index (Phi) is 3.78. The molecule has 0 fully saturated rings. The van der Waals surface area contributed by atoms with Gasteiger partial charge in [-0.05, 0) is 25.1 Å². The SMILES string of the molecule is Cn1nc2c(c1NS(=O)(=O)c1ccc([N+](=O)[O-])cc1)CCNC2. The fourth-order valence-electron chi connectivity index (χ4n) is 2.51. The van der Waals surface area contributed by atoms with Crippen molar-refractivity contribution in [3.63, 3.8) is 0 Å². The van der Waals surface area contributed by atoms with Crippen molar-refractivity contribution >= 4 is 21.5 Å². The Hall–Kier alpha value is -2.46. The summed E-state index contributed by atoms with van der Waals surface area (Å²) in [5.74, 6) is 0.430. The van der Waals surface area contributed by atoms with Crippen LogP contribution in [0.5, 0.6) is 0 Å². The molecule has 9 nitrogen and oxygen atoms in total. The van der Waals surface area contributed by atoms with Gasteiger partial charge in [0.15, 0.2) is 0 Å². The van der Waals surface area contributed by atoms with E-state index in [0.29, 0.717) is 18.8 Å². The van der Waals surface area contributed by atoms with Gasteiger partial charge in [0.2, 0.25) is 0 Å². The summed E-state index contributed by atoms with van der Waals surface area (Å²) in [5.41, 5.74) is 1.53. The highest BCUT2D eigenvalue weighted by Gasteiger charge is 2.24. The first-order valence-corrected chi connectivity index (χ1v) is 8.39. The van der Waals surface area contributed by atoms with Crippen LogP contribution in [0.4, 0.5) is 11.5 Å². The van der Waals surface area contributed by atoms with E-state index in [1.165, 1.54) is 16.8 Å². The monoisotopic (exact) mass is 337 g/mol. The fraction of sp³-hybridized carbons (Fsp3) is 0.308. The number of aryl methyl sites for hydroxylation is 1. The molecule has 2 heterocycles. The summed E-state index contributed by atoms with van der Waals surface area (Å²) in [4.78, 5) is 10.0. The van der Waals surface area contributed by atoms with Gasteiger partial charge in [-0.15, -0.1) is 0 Å². The summed E-state index contributed by atoms with van der Waals surface area (Å²) in [6.45, 7) is 1.35. The van der Waals surface area contributed by atoms with E-state index in [-0.39, 0.29) is 10.6 Å². The molecular formula is C13H15N5O4S. The molecule has 1 aliphatic rings. The van der Waals surface area contributed by atoms with Crippen LogP contribution in [0.3, 0.4) is 0 Å². The molecule has 0 amide bonds. The number of hydrogen-bond donors (Lipinski definition) is 2. The molecule has 0 saturated carbocycles. The number of nitro groups is 1. The molecule has 1 aliphatic heterocycles. The number of hydrogen-bond acceptors (Lipinski definition) is 6. The van der Waals surface area contributed by atoms with E-state index in [2.05, 4.69) is 15.1 Å². The summed E-state index contributed by atoms with van der Waals surface area (Å²) in [6, 6.07) is 4.75. The minimum absolute atomic E-state index is 0.0352. The van der Waals surface area contributed by atoms with Crippen molar-refractivity contribution < 1.29 is 13.3 Å². The zero-order valence-electron chi connectivity index (χ0n) is 12.3. The molecule has 0 radical (unpaired) electrons. The average molecular weight is 337 g/mol. The van der Waals surface area contributed by atoms with E-state index >= 15 is 0 Å². The van der Waals surface area contributed by atoms with Crippen LogP contribution in [-0.4, -0.2) is 29.7 Å². The van der Waals surface area contributed by atoms with Crippen LogP contribution < -0.4 is 10.0 Å². The first-order chi connectivity index (χ1) is 10.9. The van der Waals surface area contributed by atoms with Gasteiger partial charge < -0.3 is 5.32 Å². The topological polar surface area (TPSA) is 119 Å². The van der Waals surface area contributed by atoms with Gasteiger partial charge in [-0.1, -0.05) is 0 Å². The smallest absolute Gasteiger partial charge is 0.269 e. The fourth-order valence-corrected chi connectivity index (χ4v) is 3.63. The van der Waals surface area contributed by atoms with Crippen molar-refractivity contribution in [1.82, 2.24) is 15.1 Å². The first kappa shape index (κ1) is 15.4. The predicted molar refractivity (Wildman–Crippen MR) is 82.5 cm³/mol. The minimum atomic E-state index is -3.84. The third-order valence-corrected chi connectivity index (χ3v) is 5.02. The third kappa shape index (κ3) is 2.90.